The summed E-state index contributed by atoms with van der Waals surface area (Å²) in [4.78, 5) is 16.7. The number of anilines is 2. The predicted molar refractivity (Wildman–Crippen MR) is 130 cm³/mol. The number of nitrogens with zero attached hydrogens (tertiary/aromatic N) is 1. The SMILES string of the molecule is O=C(Nc1nccs1)c1cccc(-c2ccc3c(c2)C(Nc2ccc(Cl)cc2Cl)CO3)c1. The molecule has 1 aromatic heterocycles. The summed E-state index contributed by atoms with van der Waals surface area (Å²) in [5, 5.41) is 9.80. The number of rotatable bonds is 5. The van der Waals surface area contributed by atoms with E-state index in [1.165, 1.54) is 11.3 Å². The van der Waals surface area contributed by atoms with Gasteiger partial charge in [0.25, 0.3) is 5.91 Å². The highest BCUT2D eigenvalue weighted by atomic mass is 35.5. The van der Waals surface area contributed by atoms with Crippen molar-refractivity contribution >= 4 is 51.3 Å². The summed E-state index contributed by atoms with van der Waals surface area (Å²) in [6, 6.07) is 18.9. The third-order valence-electron chi connectivity index (χ3n) is 5.16. The van der Waals surface area contributed by atoms with E-state index < -0.39 is 0 Å². The molecule has 160 valence electrons. The fourth-order valence-electron chi connectivity index (χ4n) is 3.60. The molecule has 2 N–H and O–H groups in total. The van der Waals surface area contributed by atoms with Crippen LogP contribution in [0.25, 0.3) is 11.1 Å². The van der Waals surface area contributed by atoms with Gasteiger partial charge in [-0.15, -0.1) is 11.3 Å². The van der Waals surface area contributed by atoms with Gasteiger partial charge in [0.1, 0.15) is 12.4 Å². The number of ether oxygens (including phenoxy) is 1. The number of benzene rings is 3. The molecule has 4 aromatic rings. The number of nitrogens with one attached hydrogen (secondary N) is 2. The molecule has 32 heavy (non-hydrogen) atoms. The molecule has 3 aromatic carbocycles. The van der Waals surface area contributed by atoms with Gasteiger partial charge >= 0.3 is 0 Å². The van der Waals surface area contributed by atoms with Crippen LogP contribution >= 0.6 is 34.5 Å². The van der Waals surface area contributed by atoms with Crippen molar-refractivity contribution in [2.45, 2.75) is 6.04 Å². The third-order valence-corrected chi connectivity index (χ3v) is 6.40. The van der Waals surface area contributed by atoms with Gasteiger partial charge in [-0.2, -0.15) is 0 Å². The second kappa shape index (κ2) is 8.82. The second-order valence-corrected chi connectivity index (χ2v) is 9.00. The number of thiazole rings is 1. The normalized spacial score (nSPS) is 14.5. The van der Waals surface area contributed by atoms with Gasteiger partial charge in [0, 0.05) is 27.7 Å². The number of amides is 1. The number of hydrogen-bond acceptors (Lipinski definition) is 5. The lowest BCUT2D eigenvalue weighted by molar-refractivity contribution is 0.102. The van der Waals surface area contributed by atoms with Crippen LogP contribution in [0.2, 0.25) is 10.0 Å². The average molecular weight is 482 g/mol. The molecule has 5 nitrogen and oxygen atoms in total. The van der Waals surface area contributed by atoms with E-state index in [1.54, 1.807) is 24.4 Å². The van der Waals surface area contributed by atoms with Gasteiger partial charge in [-0.1, -0.05) is 41.4 Å². The van der Waals surface area contributed by atoms with E-state index in [0.29, 0.717) is 27.3 Å². The first-order valence-electron chi connectivity index (χ1n) is 9.86. The molecule has 1 aliphatic rings. The molecule has 0 aliphatic carbocycles. The summed E-state index contributed by atoms with van der Waals surface area (Å²) in [5.74, 6) is 0.636. The molecule has 2 heterocycles. The van der Waals surface area contributed by atoms with Crippen molar-refractivity contribution in [3.05, 3.63) is 93.4 Å². The van der Waals surface area contributed by atoms with Crippen LogP contribution in [-0.4, -0.2) is 17.5 Å². The maximum absolute atomic E-state index is 12.6. The van der Waals surface area contributed by atoms with Crippen LogP contribution in [0.3, 0.4) is 0 Å². The summed E-state index contributed by atoms with van der Waals surface area (Å²) >= 11 is 13.7. The summed E-state index contributed by atoms with van der Waals surface area (Å²) in [6.07, 6.45) is 1.66. The van der Waals surface area contributed by atoms with Crippen molar-refractivity contribution in [3.8, 4) is 16.9 Å². The van der Waals surface area contributed by atoms with E-state index in [1.807, 2.05) is 41.8 Å². The van der Waals surface area contributed by atoms with Crippen molar-refractivity contribution in [3.63, 3.8) is 0 Å². The second-order valence-electron chi connectivity index (χ2n) is 7.26. The van der Waals surface area contributed by atoms with E-state index in [0.717, 1.165) is 28.1 Å². The van der Waals surface area contributed by atoms with E-state index in [9.17, 15) is 4.79 Å². The minimum atomic E-state index is -0.191. The summed E-state index contributed by atoms with van der Waals surface area (Å²) in [6.45, 7) is 0.494. The standard InChI is InChI=1S/C24H17Cl2N3O2S/c25-17-5-6-20(19(26)12-17)28-21-13-31-22-7-4-15(11-18(21)22)14-2-1-3-16(10-14)23(30)29-24-27-8-9-32-24/h1-12,21,28H,13H2,(H,27,29,30). The number of carbonyl (C=O) groups is 1. The van der Waals surface area contributed by atoms with Gasteiger partial charge in [0.05, 0.1) is 16.8 Å². The number of aromatic nitrogens is 1. The minimum Gasteiger partial charge on any atom is -0.491 e. The summed E-state index contributed by atoms with van der Waals surface area (Å²) < 4.78 is 5.86. The van der Waals surface area contributed by atoms with Gasteiger partial charge in [0.15, 0.2) is 5.13 Å². The largest absolute Gasteiger partial charge is 0.491 e. The van der Waals surface area contributed by atoms with Crippen LogP contribution in [0, 0.1) is 0 Å². The van der Waals surface area contributed by atoms with Crippen LogP contribution in [0.1, 0.15) is 22.0 Å². The van der Waals surface area contributed by atoms with E-state index in [4.69, 9.17) is 27.9 Å². The molecule has 8 heteroatoms. The molecule has 1 atom stereocenters. The molecule has 0 spiro atoms. The lowest BCUT2D eigenvalue weighted by Gasteiger charge is -2.15. The van der Waals surface area contributed by atoms with Crippen LogP contribution in [0.4, 0.5) is 10.8 Å². The molecule has 5 rings (SSSR count). The molecule has 0 saturated carbocycles. The van der Waals surface area contributed by atoms with Crippen LogP contribution in [0.15, 0.2) is 72.2 Å². The Kier molecular flexibility index (Phi) is 5.74. The predicted octanol–water partition coefficient (Wildman–Crippen LogP) is 6.91. The van der Waals surface area contributed by atoms with Gasteiger partial charge in [-0.05, 0) is 53.6 Å². The van der Waals surface area contributed by atoms with Gasteiger partial charge in [-0.3, -0.25) is 10.1 Å². The Morgan fingerprint density at radius 3 is 2.75 bits per heavy atom. The topological polar surface area (TPSA) is 63.2 Å². The maximum Gasteiger partial charge on any atom is 0.257 e. The number of carbonyl (C=O) groups excluding carboxylic acids is 1. The van der Waals surface area contributed by atoms with Gasteiger partial charge < -0.3 is 10.1 Å². The number of fused-ring (bicyclic) bond motifs is 1. The molecule has 0 radical (unpaired) electrons. The van der Waals surface area contributed by atoms with Crippen molar-refractivity contribution in [1.82, 2.24) is 4.98 Å². The van der Waals surface area contributed by atoms with E-state index in [-0.39, 0.29) is 11.9 Å². The molecular formula is C24H17Cl2N3O2S. The zero-order valence-corrected chi connectivity index (χ0v) is 19.0. The Balaban J connectivity index is 1.40. The smallest absolute Gasteiger partial charge is 0.257 e. The lowest BCUT2D eigenvalue weighted by Crippen LogP contribution is -2.12. The van der Waals surface area contributed by atoms with Crippen molar-refractivity contribution in [2.75, 3.05) is 17.2 Å². The monoisotopic (exact) mass is 481 g/mol. The quantitative estimate of drug-likeness (QED) is 0.324. The summed E-state index contributed by atoms with van der Waals surface area (Å²) in [7, 11) is 0. The molecule has 0 bridgehead atoms. The van der Waals surface area contributed by atoms with Crippen molar-refractivity contribution < 1.29 is 9.53 Å². The Labute approximate surface area is 199 Å². The van der Waals surface area contributed by atoms with Crippen molar-refractivity contribution in [2.24, 2.45) is 0 Å². The fourth-order valence-corrected chi connectivity index (χ4v) is 4.59. The first-order chi connectivity index (χ1) is 15.6. The Morgan fingerprint density at radius 2 is 1.94 bits per heavy atom. The van der Waals surface area contributed by atoms with Crippen LogP contribution < -0.4 is 15.4 Å². The van der Waals surface area contributed by atoms with E-state index in [2.05, 4.69) is 21.7 Å². The molecule has 1 unspecified atom stereocenters. The lowest BCUT2D eigenvalue weighted by atomic mass is 9.98. The zero-order chi connectivity index (χ0) is 22.1. The van der Waals surface area contributed by atoms with Gasteiger partial charge in [-0.25, -0.2) is 4.98 Å². The molecule has 0 fully saturated rings. The van der Waals surface area contributed by atoms with Crippen molar-refractivity contribution in [1.29, 1.82) is 0 Å². The first-order valence-corrected chi connectivity index (χ1v) is 11.5. The number of halogens is 2. The average Bonchev–Trinajstić information content (AvgIpc) is 3.45. The first kappa shape index (κ1) is 20.8. The Morgan fingerprint density at radius 1 is 1.06 bits per heavy atom. The molecule has 0 saturated heterocycles. The third kappa shape index (κ3) is 4.30. The van der Waals surface area contributed by atoms with Crippen LogP contribution in [-0.2, 0) is 0 Å². The highest BCUT2D eigenvalue weighted by Crippen LogP contribution is 2.39. The molecular weight excluding hydrogens is 465 g/mol. The van der Waals surface area contributed by atoms with Gasteiger partial charge in [0.2, 0.25) is 0 Å². The molecule has 1 amide bonds. The Bertz CT molecular complexity index is 1290. The maximum atomic E-state index is 12.6. The van der Waals surface area contributed by atoms with E-state index >= 15 is 0 Å². The van der Waals surface area contributed by atoms with Crippen LogP contribution in [0.5, 0.6) is 5.75 Å². The highest BCUT2D eigenvalue weighted by molar-refractivity contribution is 7.13. The summed E-state index contributed by atoms with van der Waals surface area (Å²) in [5.41, 5.74) is 4.33. The zero-order valence-electron chi connectivity index (χ0n) is 16.6. The highest BCUT2D eigenvalue weighted by Gasteiger charge is 2.25. The molecule has 1 aliphatic heterocycles. The minimum absolute atomic E-state index is 0.0555. The number of hydrogen-bond donors (Lipinski definition) is 2. The fraction of sp³-hybridized carbons (Fsp3) is 0.0833. The Hall–Kier alpha value is -3.06.